The minimum atomic E-state index is 0.0404. The molecule has 6 heteroatoms. The van der Waals surface area contributed by atoms with Crippen molar-refractivity contribution >= 4 is 16.8 Å². The fourth-order valence-corrected chi connectivity index (χ4v) is 6.40. The Balaban J connectivity index is 1.46. The smallest absolute Gasteiger partial charge is 0.245 e. The number of H-pyrrole nitrogens is 1. The predicted molar refractivity (Wildman–Crippen MR) is 139 cm³/mol. The van der Waals surface area contributed by atoms with Gasteiger partial charge >= 0.3 is 0 Å². The van der Waals surface area contributed by atoms with Gasteiger partial charge in [0, 0.05) is 46.3 Å². The Hall–Kier alpha value is -3.67. The van der Waals surface area contributed by atoms with Crippen molar-refractivity contribution in [2.75, 3.05) is 13.1 Å². The summed E-state index contributed by atoms with van der Waals surface area (Å²) in [7, 11) is 0. The van der Waals surface area contributed by atoms with Crippen LogP contribution in [0, 0.1) is 19.3 Å². The lowest BCUT2D eigenvalue weighted by Crippen LogP contribution is -2.63. The number of hydrogen-bond acceptors (Lipinski definition) is 3. The van der Waals surface area contributed by atoms with Crippen LogP contribution in [0.3, 0.4) is 0 Å². The van der Waals surface area contributed by atoms with Crippen LogP contribution >= 0.6 is 0 Å². The van der Waals surface area contributed by atoms with Crippen LogP contribution in [0.1, 0.15) is 42.6 Å². The zero-order chi connectivity index (χ0) is 24.3. The van der Waals surface area contributed by atoms with Crippen LogP contribution in [0.2, 0.25) is 0 Å². The van der Waals surface area contributed by atoms with Gasteiger partial charge in [-0.05, 0) is 56.4 Å². The summed E-state index contributed by atoms with van der Waals surface area (Å²) >= 11 is 0. The molecule has 1 N–H and O–H groups in total. The predicted octanol–water partition coefficient (Wildman–Crippen LogP) is 5.62. The van der Waals surface area contributed by atoms with E-state index in [1.54, 1.807) is 0 Å². The molecule has 2 aromatic carbocycles. The lowest BCUT2D eigenvalue weighted by molar-refractivity contribution is -0.149. The van der Waals surface area contributed by atoms with Gasteiger partial charge in [0.2, 0.25) is 5.91 Å². The molecule has 6 nitrogen and oxygen atoms in total. The topological polar surface area (TPSA) is 66.8 Å². The molecular weight excluding hydrogens is 434 g/mol. The van der Waals surface area contributed by atoms with E-state index in [0.29, 0.717) is 6.04 Å². The Bertz CT molecular complexity index is 1450. The minimum Gasteiger partial charge on any atom is -0.338 e. The molecule has 0 unspecified atom stereocenters. The van der Waals surface area contributed by atoms with E-state index in [1.807, 2.05) is 17.2 Å². The molecule has 0 atom stereocenters. The van der Waals surface area contributed by atoms with Gasteiger partial charge in [0.05, 0.1) is 17.8 Å². The second kappa shape index (κ2) is 7.94. The Morgan fingerprint density at radius 1 is 1.20 bits per heavy atom. The van der Waals surface area contributed by atoms with Crippen LogP contribution in [0.5, 0.6) is 0 Å². The van der Waals surface area contributed by atoms with Gasteiger partial charge in [-0.1, -0.05) is 43.8 Å². The number of carbonyl (C=O) groups is 1. The second-order valence-electron chi connectivity index (χ2n) is 10.3. The lowest BCUT2D eigenvalue weighted by Gasteiger charge is -2.58. The fourth-order valence-electron chi connectivity index (χ4n) is 6.40. The molecule has 1 aliphatic heterocycles. The van der Waals surface area contributed by atoms with E-state index in [9.17, 15) is 4.79 Å². The van der Waals surface area contributed by atoms with Crippen LogP contribution in [0.25, 0.3) is 33.3 Å². The molecule has 35 heavy (non-hydrogen) atoms. The number of benzene rings is 2. The SMILES string of the molecule is C=CC(=O)N1CC2(CC(n3nc(-c4ccccc4)c(-c4c(CC)c(C)cc5[nH]ncc45)c3C)C2)C1. The van der Waals surface area contributed by atoms with E-state index >= 15 is 0 Å². The Labute approximate surface area is 205 Å². The number of aromatic nitrogens is 4. The van der Waals surface area contributed by atoms with Crippen molar-refractivity contribution in [3.05, 3.63) is 72.1 Å². The zero-order valence-corrected chi connectivity index (χ0v) is 20.6. The molecule has 1 amide bonds. The van der Waals surface area contributed by atoms with E-state index < -0.39 is 0 Å². The highest BCUT2D eigenvalue weighted by molar-refractivity contribution is 6.01. The van der Waals surface area contributed by atoms with E-state index in [2.05, 4.69) is 72.6 Å². The number of likely N-dealkylation sites (tertiary alicyclic amines) is 1. The largest absolute Gasteiger partial charge is 0.338 e. The molecule has 4 aromatic rings. The first-order chi connectivity index (χ1) is 16.9. The highest BCUT2D eigenvalue weighted by Crippen LogP contribution is 2.55. The summed E-state index contributed by atoms with van der Waals surface area (Å²) in [6, 6.07) is 13.1. The van der Waals surface area contributed by atoms with Gasteiger partial charge in [-0.25, -0.2) is 0 Å². The van der Waals surface area contributed by atoms with Crippen molar-refractivity contribution in [2.24, 2.45) is 5.41 Å². The highest BCUT2D eigenvalue weighted by atomic mass is 16.2. The molecule has 1 aliphatic carbocycles. The Kier molecular flexibility index (Phi) is 4.95. The van der Waals surface area contributed by atoms with Crippen molar-refractivity contribution in [1.29, 1.82) is 0 Å². The second-order valence-corrected chi connectivity index (χ2v) is 10.3. The van der Waals surface area contributed by atoms with E-state index in [0.717, 1.165) is 54.5 Å². The number of carbonyl (C=O) groups excluding carboxylic acids is 1. The van der Waals surface area contributed by atoms with Crippen molar-refractivity contribution in [3.8, 4) is 22.4 Å². The molecule has 1 saturated carbocycles. The third kappa shape index (κ3) is 3.27. The molecule has 0 radical (unpaired) electrons. The molecular formula is C29H31N5O. The van der Waals surface area contributed by atoms with Crippen molar-refractivity contribution in [1.82, 2.24) is 24.9 Å². The number of fused-ring (bicyclic) bond motifs is 1. The van der Waals surface area contributed by atoms with Crippen LogP contribution in [0.4, 0.5) is 0 Å². The standard InChI is InChI=1S/C29H31N5O/c1-5-22-18(3)12-24-23(15-30-31-24)27(22)26-19(4)34(32-28(26)20-10-8-7-9-11-20)21-13-29(14-21)16-33(17-29)25(35)6-2/h6-12,15,21H,2,5,13-14,16-17H2,1,3-4H3,(H,30,31). The molecule has 3 heterocycles. The zero-order valence-electron chi connectivity index (χ0n) is 20.6. The molecule has 1 spiro atoms. The summed E-state index contributed by atoms with van der Waals surface area (Å²) < 4.78 is 2.26. The van der Waals surface area contributed by atoms with Crippen LogP contribution in [-0.4, -0.2) is 43.9 Å². The van der Waals surface area contributed by atoms with E-state index in [1.165, 1.54) is 34.0 Å². The van der Waals surface area contributed by atoms with E-state index in [4.69, 9.17) is 5.10 Å². The molecule has 2 aromatic heterocycles. The quantitative estimate of drug-likeness (QED) is 0.389. The Morgan fingerprint density at radius 2 is 1.94 bits per heavy atom. The maximum Gasteiger partial charge on any atom is 0.245 e. The molecule has 1 saturated heterocycles. The molecule has 178 valence electrons. The van der Waals surface area contributed by atoms with Gasteiger partial charge in [-0.3, -0.25) is 14.6 Å². The minimum absolute atomic E-state index is 0.0404. The summed E-state index contributed by atoms with van der Waals surface area (Å²) in [5.74, 6) is 0.0404. The van der Waals surface area contributed by atoms with E-state index in [-0.39, 0.29) is 11.3 Å². The molecule has 6 rings (SSSR count). The van der Waals surface area contributed by atoms with Crippen molar-refractivity contribution < 1.29 is 4.79 Å². The number of amides is 1. The van der Waals surface area contributed by atoms with Crippen molar-refractivity contribution in [3.63, 3.8) is 0 Å². The Morgan fingerprint density at radius 3 is 2.63 bits per heavy atom. The first kappa shape index (κ1) is 21.8. The van der Waals surface area contributed by atoms with Gasteiger partial charge in [-0.2, -0.15) is 10.2 Å². The summed E-state index contributed by atoms with van der Waals surface area (Å²) in [6.07, 6.45) is 6.43. The summed E-state index contributed by atoms with van der Waals surface area (Å²) in [6.45, 7) is 11.9. The van der Waals surface area contributed by atoms with Gasteiger partial charge in [0.1, 0.15) is 5.69 Å². The number of rotatable bonds is 5. The summed E-state index contributed by atoms with van der Waals surface area (Å²) in [5.41, 5.74) is 9.74. The third-order valence-electron chi connectivity index (χ3n) is 8.10. The third-order valence-corrected chi connectivity index (χ3v) is 8.10. The summed E-state index contributed by atoms with van der Waals surface area (Å²) in [4.78, 5) is 13.8. The van der Waals surface area contributed by atoms with Gasteiger partial charge < -0.3 is 4.90 Å². The summed E-state index contributed by atoms with van der Waals surface area (Å²) in [5, 5.41) is 14.0. The van der Waals surface area contributed by atoms with Crippen LogP contribution in [0.15, 0.2) is 55.3 Å². The number of nitrogens with zero attached hydrogens (tertiary/aromatic N) is 4. The highest BCUT2D eigenvalue weighted by Gasteiger charge is 2.54. The fraction of sp³-hybridized carbons (Fsp3) is 0.345. The number of aryl methyl sites for hydroxylation is 1. The van der Waals surface area contributed by atoms with Gasteiger partial charge in [0.15, 0.2) is 0 Å². The van der Waals surface area contributed by atoms with Crippen LogP contribution < -0.4 is 0 Å². The monoisotopic (exact) mass is 465 g/mol. The normalized spacial score (nSPS) is 16.9. The maximum atomic E-state index is 11.9. The first-order valence-electron chi connectivity index (χ1n) is 12.5. The number of nitrogens with one attached hydrogen (secondary N) is 1. The maximum absolute atomic E-state index is 11.9. The molecule has 2 aliphatic rings. The van der Waals surface area contributed by atoms with Crippen molar-refractivity contribution in [2.45, 2.75) is 46.1 Å². The molecule has 2 fully saturated rings. The lowest BCUT2D eigenvalue weighted by atomic mass is 9.60. The van der Waals surface area contributed by atoms with Gasteiger partial charge in [-0.15, -0.1) is 0 Å². The van der Waals surface area contributed by atoms with Gasteiger partial charge in [0.25, 0.3) is 0 Å². The number of hydrogen-bond donors (Lipinski definition) is 1. The average molecular weight is 466 g/mol. The average Bonchev–Trinajstić information content (AvgIpc) is 3.41. The van der Waals surface area contributed by atoms with Crippen LogP contribution in [-0.2, 0) is 11.2 Å². The number of aromatic amines is 1. The first-order valence-corrected chi connectivity index (χ1v) is 12.5. The molecule has 0 bridgehead atoms.